The molecule has 1 N–H and O–H groups in total. The molecule has 1 aromatic heterocycles. The summed E-state index contributed by atoms with van der Waals surface area (Å²) in [5, 5.41) is 10.9. The van der Waals surface area contributed by atoms with Crippen LogP contribution in [0.5, 0.6) is 6.01 Å². The van der Waals surface area contributed by atoms with Gasteiger partial charge in [-0.05, 0) is 23.8 Å². The van der Waals surface area contributed by atoms with Crippen LogP contribution in [0, 0.1) is 0 Å². The lowest BCUT2D eigenvalue weighted by molar-refractivity contribution is 0.0695. The van der Waals surface area contributed by atoms with Gasteiger partial charge in [-0.15, -0.1) is 0 Å². The van der Waals surface area contributed by atoms with Crippen molar-refractivity contribution in [2.75, 3.05) is 5.06 Å². The van der Waals surface area contributed by atoms with Crippen molar-refractivity contribution in [1.29, 1.82) is 0 Å². The Bertz CT molecular complexity index is 769. The highest BCUT2D eigenvalue weighted by atomic mass is 16.7. The van der Waals surface area contributed by atoms with E-state index in [0.29, 0.717) is 12.2 Å². The lowest BCUT2D eigenvalue weighted by atomic mass is 10.1. The molecule has 0 aliphatic heterocycles. The van der Waals surface area contributed by atoms with Crippen LogP contribution in [0.25, 0.3) is 0 Å². The largest absolute Gasteiger partial charge is 0.478 e. The van der Waals surface area contributed by atoms with Crippen LogP contribution in [0.3, 0.4) is 0 Å². The number of para-hydroxylation sites is 1. The highest BCUT2D eigenvalue weighted by molar-refractivity contribution is 5.94. The summed E-state index contributed by atoms with van der Waals surface area (Å²) in [7, 11) is 0. The second-order valence-electron chi connectivity index (χ2n) is 4.97. The van der Waals surface area contributed by atoms with E-state index in [4.69, 9.17) is 4.84 Å². The van der Waals surface area contributed by atoms with Crippen molar-refractivity contribution >= 4 is 11.7 Å². The van der Waals surface area contributed by atoms with Crippen LogP contribution in [0.2, 0.25) is 0 Å². The minimum atomic E-state index is -1.03. The van der Waals surface area contributed by atoms with Crippen LogP contribution in [0.1, 0.15) is 15.9 Å². The summed E-state index contributed by atoms with van der Waals surface area (Å²) in [6, 6.07) is 18.1. The molecule has 3 rings (SSSR count). The number of carboxylic acid groups (broad SMARTS) is 1. The van der Waals surface area contributed by atoms with Crippen molar-refractivity contribution in [3.8, 4) is 6.01 Å². The van der Waals surface area contributed by atoms with Crippen LogP contribution >= 0.6 is 0 Å². The molecular formula is C18H15N3O3. The Morgan fingerprint density at radius 2 is 1.62 bits per heavy atom. The van der Waals surface area contributed by atoms with Gasteiger partial charge in [-0.25, -0.2) is 19.8 Å². The fourth-order valence-electron chi connectivity index (χ4n) is 2.22. The van der Waals surface area contributed by atoms with Crippen molar-refractivity contribution in [2.24, 2.45) is 0 Å². The topological polar surface area (TPSA) is 75.5 Å². The van der Waals surface area contributed by atoms with Crippen molar-refractivity contribution in [2.45, 2.75) is 6.54 Å². The number of hydrogen-bond donors (Lipinski definition) is 1. The van der Waals surface area contributed by atoms with E-state index in [1.165, 1.54) is 11.1 Å². The molecule has 0 unspecified atom stereocenters. The number of hydrogen-bond acceptors (Lipinski definition) is 5. The molecule has 0 saturated carbocycles. The van der Waals surface area contributed by atoms with Crippen LogP contribution < -0.4 is 9.90 Å². The van der Waals surface area contributed by atoms with Crippen molar-refractivity contribution in [3.63, 3.8) is 0 Å². The first-order chi connectivity index (χ1) is 11.7. The van der Waals surface area contributed by atoms with E-state index in [-0.39, 0.29) is 11.6 Å². The molecule has 0 atom stereocenters. The Hall–Kier alpha value is -3.41. The fourth-order valence-corrected chi connectivity index (χ4v) is 2.22. The molecule has 0 aliphatic rings. The normalized spacial score (nSPS) is 10.2. The lowest BCUT2D eigenvalue weighted by Crippen LogP contribution is -2.29. The molecular weight excluding hydrogens is 306 g/mol. The number of anilines is 1. The molecule has 0 fully saturated rings. The predicted molar refractivity (Wildman–Crippen MR) is 88.7 cm³/mol. The third-order valence-corrected chi connectivity index (χ3v) is 3.31. The second-order valence-corrected chi connectivity index (χ2v) is 4.97. The van der Waals surface area contributed by atoms with E-state index in [0.717, 1.165) is 5.56 Å². The van der Waals surface area contributed by atoms with Crippen LogP contribution in [0.15, 0.2) is 73.1 Å². The fraction of sp³-hybridized carbons (Fsp3) is 0.0556. The molecule has 0 saturated heterocycles. The predicted octanol–water partition coefficient (Wildman–Crippen LogP) is 3.18. The smallest absolute Gasteiger partial charge is 0.342 e. The summed E-state index contributed by atoms with van der Waals surface area (Å²) in [5.41, 5.74) is 1.54. The zero-order valence-corrected chi connectivity index (χ0v) is 12.7. The van der Waals surface area contributed by atoms with Crippen molar-refractivity contribution < 1.29 is 14.7 Å². The van der Waals surface area contributed by atoms with Crippen molar-refractivity contribution in [1.82, 2.24) is 9.97 Å². The molecule has 0 spiro atoms. The minimum absolute atomic E-state index is 0.143. The second kappa shape index (κ2) is 7.23. The monoisotopic (exact) mass is 321 g/mol. The van der Waals surface area contributed by atoms with Gasteiger partial charge in [0.05, 0.1) is 17.8 Å². The first-order valence-corrected chi connectivity index (χ1v) is 7.33. The number of carboxylic acids is 1. The Labute approximate surface area is 138 Å². The molecule has 0 amide bonds. The van der Waals surface area contributed by atoms with Gasteiger partial charge in [0.2, 0.25) is 0 Å². The molecule has 1 heterocycles. The number of aromatic nitrogens is 2. The first kappa shape index (κ1) is 15.5. The number of rotatable bonds is 6. The van der Waals surface area contributed by atoms with E-state index in [9.17, 15) is 9.90 Å². The average Bonchev–Trinajstić information content (AvgIpc) is 2.63. The maximum Gasteiger partial charge on any atom is 0.342 e. The zero-order valence-electron chi connectivity index (χ0n) is 12.7. The van der Waals surface area contributed by atoms with Crippen molar-refractivity contribution in [3.05, 3.63) is 84.2 Å². The van der Waals surface area contributed by atoms with E-state index in [2.05, 4.69) is 9.97 Å². The Morgan fingerprint density at radius 1 is 0.958 bits per heavy atom. The Balaban J connectivity index is 1.97. The molecule has 6 nitrogen and oxygen atoms in total. The molecule has 0 radical (unpaired) electrons. The van der Waals surface area contributed by atoms with E-state index >= 15 is 0 Å². The van der Waals surface area contributed by atoms with Gasteiger partial charge in [0.25, 0.3) is 0 Å². The van der Waals surface area contributed by atoms with Crippen LogP contribution in [-0.4, -0.2) is 21.0 Å². The van der Waals surface area contributed by atoms with Gasteiger partial charge in [-0.1, -0.05) is 42.5 Å². The molecule has 6 heteroatoms. The SMILES string of the molecule is O=C(O)c1ccccc1N(Cc1ccccc1)Oc1ncccn1. The summed E-state index contributed by atoms with van der Waals surface area (Å²) in [6.45, 7) is 0.351. The van der Waals surface area contributed by atoms with Gasteiger partial charge in [0, 0.05) is 12.4 Å². The van der Waals surface area contributed by atoms with Gasteiger partial charge in [-0.3, -0.25) is 0 Å². The number of carbonyl (C=O) groups is 1. The molecule has 3 aromatic rings. The maximum absolute atomic E-state index is 11.5. The number of hydroxylamine groups is 1. The summed E-state index contributed by atoms with van der Waals surface area (Å²) >= 11 is 0. The Morgan fingerprint density at radius 3 is 2.33 bits per heavy atom. The summed E-state index contributed by atoms with van der Waals surface area (Å²) < 4.78 is 0. The van der Waals surface area contributed by atoms with Crippen LogP contribution in [-0.2, 0) is 6.54 Å². The molecule has 2 aromatic carbocycles. The van der Waals surface area contributed by atoms with Gasteiger partial charge in [0.15, 0.2) is 0 Å². The molecule has 24 heavy (non-hydrogen) atoms. The van der Waals surface area contributed by atoms with E-state index in [1.807, 2.05) is 30.3 Å². The molecule has 0 aliphatic carbocycles. The zero-order chi connectivity index (χ0) is 16.8. The first-order valence-electron chi connectivity index (χ1n) is 7.33. The summed E-state index contributed by atoms with van der Waals surface area (Å²) in [5.74, 6) is -1.03. The third kappa shape index (κ3) is 3.67. The van der Waals surface area contributed by atoms with Gasteiger partial charge in [0.1, 0.15) is 0 Å². The minimum Gasteiger partial charge on any atom is -0.478 e. The highest BCUT2D eigenvalue weighted by Gasteiger charge is 2.18. The number of benzene rings is 2. The molecule has 120 valence electrons. The number of aromatic carboxylic acids is 1. The maximum atomic E-state index is 11.5. The quantitative estimate of drug-likeness (QED) is 0.703. The summed E-state index contributed by atoms with van der Waals surface area (Å²) in [6.07, 6.45) is 3.12. The lowest BCUT2D eigenvalue weighted by Gasteiger charge is -2.24. The highest BCUT2D eigenvalue weighted by Crippen LogP contribution is 2.23. The standard InChI is InChI=1S/C18H15N3O3/c22-17(23)15-9-4-5-10-16(15)21(13-14-7-2-1-3-8-14)24-18-19-11-6-12-20-18/h1-12H,13H2,(H,22,23). The molecule has 0 bridgehead atoms. The van der Waals surface area contributed by atoms with Gasteiger partial charge >= 0.3 is 12.0 Å². The number of nitrogens with zero attached hydrogens (tertiary/aromatic N) is 3. The third-order valence-electron chi connectivity index (χ3n) is 3.31. The van der Waals surface area contributed by atoms with E-state index in [1.54, 1.807) is 36.7 Å². The van der Waals surface area contributed by atoms with Gasteiger partial charge < -0.3 is 9.94 Å². The summed E-state index contributed by atoms with van der Waals surface area (Å²) in [4.78, 5) is 25.3. The average molecular weight is 321 g/mol. The van der Waals surface area contributed by atoms with Gasteiger partial charge in [-0.2, -0.15) is 0 Å². The van der Waals surface area contributed by atoms with Crippen LogP contribution in [0.4, 0.5) is 5.69 Å². The Kier molecular flexibility index (Phi) is 4.67. The van der Waals surface area contributed by atoms with E-state index < -0.39 is 5.97 Å².